The van der Waals surface area contributed by atoms with Gasteiger partial charge in [0, 0.05) is 13.1 Å². The number of anilines is 1. The molecule has 2 heterocycles. The third-order valence-electron chi connectivity index (χ3n) is 4.26. The summed E-state index contributed by atoms with van der Waals surface area (Å²) in [5.74, 6) is 0.788. The number of carbonyl (C=O) groups excluding carboxylic acids is 1. The number of benzene rings is 1. The van der Waals surface area contributed by atoms with Gasteiger partial charge in [0.05, 0.1) is 10.6 Å². The predicted octanol–water partition coefficient (Wildman–Crippen LogP) is 1.83. The van der Waals surface area contributed by atoms with Gasteiger partial charge >= 0.3 is 0 Å². The Morgan fingerprint density at radius 1 is 1.23 bits per heavy atom. The molecule has 2 aliphatic heterocycles. The summed E-state index contributed by atoms with van der Waals surface area (Å²) in [4.78, 5) is 11.9. The molecule has 1 unspecified atom stereocenters. The third kappa shape index (κ3) is 2.70. The molecule has 3 rings (SSSR count). The van der Waals surface area contributed by atoms with Crippen LogP contribution in [0.2, 0.25) is 0 Å². The highest BCUT2D eigenvalue weighted by atomic mass is 32.2. The van der Waals surface area contributed by atoms with Crippen LogP contribution < -0.4 is 10.1 Å². The van der Waals surface area contributed by atoms with Crippen LogP contribution in [0.5, 0.6) is 5.75 Å². The average molecular weight is 324 g/mol. The van der Waals surface area contributed by atoms with Gasteiger partial charge in [-0.2, -0.15) is 4.31 Å². The van der Waals surface area contributed by atoms with Gasteiger partial charge in [0.2, 0.25) is 10.0 Å². The summed E-state index contributed by atoms with van der Waals surface area (Å²) in [5.41, 5.74) is 0.412. The summed E-state index contributed by atoms with van der Waals surface area (Å²) in [7, 11) is -3.52. The van der Waals surface area contributed by atoms with Crippen molar-refractivity contribution in [3.05, 3.63) is 18.2 Å². The molecule has 0 radical (unpaired) electrons. The zero-order valence-electron chi connectivity index (χ0n) is 12.7. The maximum atomic E-state index is 12.7. The smallest absolute Gasteiger partial charge is 0.265 e. The molecule has 1 atom stereocenters. The Hall–Kier alpha value is -1.60. The van der Waals surface area contributed by atoms with Gasteiger partial charge in [-0.05, 0) is 43.9 Å². The highest BCUT2D eigenvalue weighted by Gasteiger charge is 2.30. The van der Waals surface area contributed by atoms with Crippen LogP contribution in [-0.4, -0.2) is 37.8 Å². The first kappa shape index (κ1) is 15.3. The van der Waals surface area contributed by atoms with E-state index in [2.05, 4.69) is 12.2 Å². The first-order valence-electron chi connectivity index (χ1n) is 7.49. The molecule has 0 spiro atoms. The molecule has 1 N–H and O–H groups in total. The monoisotopic (exact) mass is 324 g/mol. The van der Waals surface area contributed by atoms with Gasteiger partial charge in [-0.1, -0.05) is 6.92 Å². The minimum Gasteiger partial charge on any atom is -0.479 e. The Morgan fingerprint density at radius 3 is 2.59 bits per heavy atom. The van der Waals surface area contributed by atoms with Gasteiger partial charge in [0.25, 0.3) is 5.91 Å². The molecule has 22 heavy (non-hydrogen) atoms. The van der Waals surface area contributed by atoms with Gasteiger partial charge in [-0.15, -0.1) is 0 Å². The molecule has 1 fully saturated rings. The third-order valence-corrected chi connectivity index (χ3v) is 6.16. The zero-order chi connectivity index (χ0) is 15.9. The van der Waals surface area contributed by atoms with Crippen molar-refractivity contribution >= 4 is 21.6 Å². The predicted molar refractivity (Wildman–Crippen MR) is 82.3 cm³/mol. The Kier molecular flexibility index (Phi) is 3.86. The van der Waals surface area contributed by atoms with Gasteiger partial charge in [-0.3, -0.25) is 4.79 Å². The lowest BCUT2D eigenvalue weighted by Gasteiger charge is -2.30. The van der Waals surface area contributed by atoms with Crippen LogP contribution in [0.1, 0.15) is 26.7 Å². The number of hydrogen-bond donors (Lipinski definition) is 1. The van der Waals surface area contributed by atoms with E-state index in [1.807, 2.05) is 0 Å². The molecule has 6 nitrogen and oxygen atoms in total. The summed E-state index contributed by atoms with van der Waals surface area (Å²) in [6.07, 6.45) is 1.18. The van der Waals surface area contributed by atoms with E-state index in [0.29, 0.717) is 30.4 Å². The van der Waals surface area contributed by atoms with Crippen LogP contribution in [0, 0.1) is 5.92 Å². The van der Waals surface area contributed by atoms with E-state index < -0.39 is 16.1 Å². The second-order valence-corrected chi connectivity index (χ2v) is 7.93. The SMILES string of the molecule is CC1CCN(S(=O)(=O)c2ccc3c(c2)NC(=O)C(C)O3)CC1. The quantitative estimate of drug-likeness (QED) is 0.900. The summed E-state index contributed by atoms with van der Waals surface area (Å²) in [6.45, 7) is 4.87. The van der Waals surface area contributed by atoms with Crippen LogP contribution in [0.4, 0.5) is 5.69 Å². The summed E-state index contributed by atoms with van der Waals surface area (Å²) >= 11 is 0. The van der Waals surface area contributed by atoms with E-state index in [1.165, 1.54) is 16.4 Å². The first-order valence-corrected chi connectivity index (χ1v) is 8.93. The van der Waals surface area contributed by atoms with Crippen LogP contribution in [-0.2, 0) is 14.8 Å². The lowest BCUT2D eigenvalue weighted by Crippen LogP contribution is -2.38. The van der Waals surface area contributed by atoms with Crippen LogP contribution in [0.3, 0.4) is 0 Å². The summed E-state index contributed by atoms with van der Waals surface area (Å²) < 4.78 is 32.4. The fraction of sp³-hybridized carbons (Fsp3) is 0.533. The molecule has 1 amide bonds. The number of rotatable bonds is 2. The number of nitrogens with one attached hydrogen (secondary N) is 1. The van der Waals surface area contributed by atoms with Crippen molar-refractivity contribution in [2.75, 3.05) is 18.4 Å². The maximum absolute atomic E-state index is 12.7. The van der Waals surface area contributed by atoms with E-state index in [-0.39, 0.29) is 10.8 Å². The van der Waals surface area contributed by atoms with E-state index >= 15 is 0 Å². The molecule has 1 saturated heterocycles. The van der Waals surface area contributed by atoms with E-state index in [1.54, 1.807) is 13.0 Å². The molecular weight excluding hydrogens is 304 g/mol. The number of fused-ring (bicyclic) bond motifs is 1. The number of carbonyl (C=O) groups is 1. The maximum Gasteiger partial charge on any atom is 0.265 e. The average Bonchev–Trinajstić information content (AvgIpc) is 2.48. The Labute approximate surface area is 130 Å². The molecule has 7 heteroatoms. The molecule has 0 aliphatic carbocycles. The molecule has 1 aromatic carbocycles. The van der Waals surface area contributed by atoms with Crippen molar-refractivity contribution in [2.24, 2.45) is 5.92 Å². The van der Waals surface area contributed by atoms with E-state index in [9.17, 15) is 13.2 Å². The van der Waals surface area contributed by atoms with Crippen molar-refractivity contribution in [2.45, 2.75) is 37.7 Å². The zero-order valence-corrected chi connectivity index (χ0v) is 13.5. The van der Waals surface area contributed by atoms with Crippen LogP contribution >= 0.6 is 0 Å². The molecule has 0 saturated carbocycles. The van der Waals surface area contributed by atoms with Crippen molar-refractivity contribution in [3.8, 4) is 5.75 Å². The van der Waals surface area contributed by atoms with Crippen molar-refractivity contribution in [1.82, 2.24) is 4.31 Å². The standard InChI is InChI=1S/C15H20N2O4S/c1-10-5-7-17(8-6-10)22(19,20)12-3-4-14-13(9-12)16-15(18)11(2)21-14/h3-4,9-11H,5-8H2,1-2H3,(H,16,18). The van der Waals surface area contributed by atoms with Gasteiger partial charge in [0.15, 0.2) is 6.10 Å². The van der Waals surface area contributed by atoms with Crippen molar-refractivity contribution in [1.29, 1.82) is 0 Å². The molecule has 0 bridgehead atoms. The molecule has 120 valence electrons. The van der Waals surface area contributed by atoms with Crippen LogP contribution in [0.25, 0.3) is 0 Å². The van der Waals surface area contributed by atoms with Gasteiger partial charge in [-0.25, -0.2) is 8.42 Å². The van der Waals surface area contributed by atoms with Crippen LogP contribution in [0.15, 0.2) is 23.1 Å². The number of hydrogen-bond acceptors (Lipinski definition) is 4. The second kappa shape index (κ2) is 5.55. The number of ether oxygens (including phenoxy) is 1. The van der Waals surface area contributed by atoms with E-state index in [0.717, 1.165) is 12.8 Å². The first-order chi connectivity index (χ1) is 10.4. The Balaban J connectivity index is 1.89. The van der Waals surface area contributed by atoms with E-state index in [4.69, 9.17) is 4.74 Å². The fourth-order valence-corrected chi connectivity index (χ4v) is 4.22. The summed E-state index contributed by atoms with van der Waals surface area (Å²) in [5, 5.41) is 2.69. The second-order valence-electron chi connectivity index (χ2n) is 5.99. The lowest BCUT2D eigenvalue weighted by atomic mass is 10.0. The Bertz CT molecular complexity index is 693. The number of amides is 1. The summed E-state index contributed by atoms with van der Waals surface area (Å²) in [6, 6.07) is 4.62. The highest BCUT2D eigenvalue weighted by Crippen LogP contribution is 2.33. The normalized spacial score (nSPS) is 23.5. The topological polar surface area (TPSA) is 75.7 Å². The number of nitrogens with zero attached hydrogens (tertiary/aromatic N) is 1. The Morgan fingerprint density at radius 2 is 1.91 bits per heavy atom. The van der Waals surface area contributed by atoms with Gasteiger partial charge < -0.3 is 10.1 Å². The molecular formula is C15H20N2O4S. The van der Waals surface area contributed by atoms with Crippen molar-refractivity contribution in [3.63, 3.8) is 0 Å². The largest absolute Gasteiger partial charge is 0.479 e. The minimum absolute atomic E-state index is 0.194. The molecule has 0 aromatic heterocycles. The molecule has 2 aliphatic rings. The molecule has 1 aromatic rings. The van der Waals surface area contributed by atoms with Crippen molar-refractivity contribution < 1.29 is 17.9 Å². The number of sulfonamides is 1. The fourth-order valence-electron chi connectivity index (χ4n) is 2.72. The highest BCUT2D eigenvalue weighted by molar-refractivity contribution is 7.89. The lowest BCUT2D eigenvalue weighted by molar-refractivity contribution is -0.122. The minimum atomic E-state index is -3.52. The van der Waals surface area contributed by atoms with Gasteiger partial charge in [0.1, 0.15) is 5.75 Å². The number of piperidine rings is 1.